The number of benzene rings is 1. The third-order valence-electron chi connectivity index (χ3n) is 2.61. The summed E-state index contributed by atoms with van der Waals surface area (Å²) in [4.78, 5) is 0. The number of nitrogens with two attached hydrogens (primary N) is 1. The summed E-state index contributed by atoms with van der Waals surface area (Å²) in [7, 11) is 1.77. The zero-order valence-electron chi connectivity index (χ0n) is 9.19. The molecule has 1 aromatic carbocycles. The summed E-state index contributed by atoms with van der Waals surface area (Å²) < 4.78 is 15.5. The van der Waals surface area contributed by atoms with E-state index in [-0.39, 0.29) is 5.02 Å². The predicted molar refractivity (Wildman–Crippen MR) is 63.8 cm³/mol. The zero-order valence-corrected chi connectivity index (χ0v) is 9.95. The van der Waals surface area contributed by atoms with E-state index in [2.05, 4.69) is 10.5 Å². The number of rotatable bonds is 3. The Balaban J connectivity index is 2.50. The van der Waals surface area contributed by atoms with Crippen molar-refractivity contribution in [3.8, 4) is 0 Å². The van der Waals surface area contributed by atoms with Crippen LogP contribution in [0, 0.1) is 5.82 Å². The van der Waals surface area contributed by atoms with Crippen LogP contribution in [0.2, 0.25) is 5.02 Å². The molecule has 0 aliphatic rings. The van der Waals surface area contributed by atoms with E-state index < -0.39 is 11.9 Å². The van der Waals surface area contributed by atoms with Crippen molar-refractivity contribution in [1.82, 2.24) is 15.2 Å². The molecule has 17 heavy (non-hydrogen) atoms. The summed E-state index contributed by atoms with van der Waals surface area (Å²) in [5, 5.41) is 4.10. The normalized spacial score (nSPS) is 12.7. The summed E-state index contributed by atoms with van der Waals surface area (Å²) in [5.74, 6) is 5.01. The van der Waals surface area contributed by atoms with Gasteiger partial charge < -0.3 is 0 Å². The molecule has 0 saturated carbocycles. The van der Waals surface area contributed by atoms with Gasteiger partial charge in [0.1, 0.15) is 5.82 Å². The quantitative estimate of drug-likeness (QED) is 0.648. The molecule has 1 atom stereocenters. The van der Waals surface area contributed by atoms with Crippen LogP contribution < -0.4 is 11.3 Å². The van der Waals surface area contributed by atoms with Gasteiger partial charge in [-0.05, 0) is 12.1 Å². The van der Waals surface area contributed by atoms with Crippen LogP contribution in [0.3, 0.4) is 0 Å². The Morgan fingerprint density at radius 1 is 1.47 bits per heavy atom. The van der Waals surface area contributed by atoms with Gasteiger partial charge in [-0.2, -0.15) is 5.10 Å². The summed E-state index contributed by atoms with van der Waals surface area (Å²) in [6, 6.07) is 6.10. The van der Waals surface area contributed by atoms with Gasteiger partial charge in [0.15, 0.2) is 0 Å². The number of hydrazine groups is 1. The van der Waals surface area contributed by atoms with Crippen LogP contribution >= 0.6 is 11.6 Å². The van der Waals surface area contributed by atoms with Crippen molar-refractivity contribution in [3.63, 3.8) is 0 Å². The molecule has 3 N–H and O–H groups in total. The van der Waals surface area contributed by atoms with Gasteiger partial charge in [-0.3, -0.25) is 10.5 Å². The van der Waals surface area contributed by atoms with Gasteiger partial charge in [0.05, 0.1) is 16.8 Å². The smallest absolute Gasteiger partial charge is 0.147 e. The van der Waals surface area contributed by atoms with Gasteiger partial charge in [-0.1, -0.05) is 23.7 Å². The Labute approximate surface area is 103 Å². The third kappa shape index (κ3) is 2.17. The molecule has 2 aromatic rings. The molecule has 0 spiro atoms. The Bertz CT molecular complexity index is 526. The summed E-state index contributed by atoms with van der Waals surface area (Å²) >= 11 is 5.75. The van der Waals surface area contributed by atoms with Crippen molar-refractivity contribution < 1.29 is 4.39 Å². The molecule has 1 unspecified atom stereocenters. The highest BCUT2D eigenvalue weighted by Gasteiger charge is 2.20. The van der Waals surface area contributed by atoms with E-state index in [0.717, 1.165) is 5.69 Å². The number of hydrogen-bond donors (Lipinski definition) is 2. The maximum atomic E-state index is 13.9. The van der Waals surface area contributed by atoms with Crippen LogP contribution in [0.15, 0.2) is 30.5 Å². The lowest BCUT2D eigenvalue weighted by Gasteiger charge is -2.17. The van der Waals surface area contributed by atoms with E-state index in [1.54, 1.807) is 36.1 Å². The van der Waals surface area contributed by atoms with Gasteiger partial charge in [0, 0.05) is 18.8 Å². The monoisotopic (exact) mass is 254 g/mol. The molecular weight excluding hydrogens is 243 g/mol. The van der Waals surface area contributed by atoms with Crippen molar-refractivity contribution in [2.75, 3.05) is 0 Å². The van der Waals surface area contributed by atoms with Crippen molar-refractivity contribution in [2.24, 2.45) is 12.9 Å². The van der Waals surface area contributed by atoms with Crippen LogP contribution in [0.25, 0.3) is 0 Å². The largest absolute Gasteiger partial charge is 0.271 e. The fraction of sp³-hybridized carbons (Fsp3) is 0.182. The molecule has 0 amide bonds. The van der Waals surface area contributed by atoms with E-state index >= 15 is 0 Å². The Morgan fingerprint density at radius 2 is 2.24 bits per heavy atom. The number of nitrogens with one attached hydrogen (secondary N) is 1. The second kappa shape index (κ2) is 4.83. The molecule has 0 saturated heterocycles. The van der Waals surface area contributed by atoms with Crippen LogP contribution in [0.5, 0.6) is 0 Å². The fourth-order valence-corrected chi connectivity index (χ4v) is 1.93. The first-order chi connectivity index (χ1) is 8.15. The van der Waals surface area contributed by atoms with Crippen LogP contribution in [0.4, 0.5) is 4.39 Å². The number of aromatic nitrogens is 2. The SMILES string of the molecule is Cn1nccc1C(NN)c1cccc(Cl)c1F. The van der Waals surface area contributed by atoms with Crippen LogP contribution in [-0.4, -0.2) is 9.78 Å². The van der Waals surface area contributed by atoms with E-state index in [4.69, 9.17) is 17.4 Å². The lowest BCUT2D eigenvalue weighted by Crippen LogP contribution is -2.31. The van der Waals surface area contributed by atoms with Crippen LogP contribution in [0.1, 0.15) is 17.3 Å². The number of aryl methyl sites for hydroxylation is 1. The van der Waals surface area contributed by atoms with E-state index in [0.29, 0.717) is 5.56 Å². The molecule has 0 aliphatic heterocycles. The molecular formula is C11H12ClFN4. The van der Waals surface area contributed by atoms with Gasteiger partial charge in [-0.15, -0.1) is 0 Å². The Kier molecular flexibility index (Phi) is 3.42. The van der Waals surface area contributed by atoms with E-state index in [1.807, 2.05) is 0 Å². The maximum Gasteiger partial charge on any atom is 0.147 e. The molecule has 1 aromatic heterocycles. The first-order valence-electron chi connectivity index (χ1n) is 5.03. The summed E-state index contributed by atoms with van der Waals surface area (Å²) in [6.07, 6.45) is 1.63. The first-order valence-corrected chi connectivity index (χ1v) is 5.41. The number of halogens is 2. The van der Waals surface area contributed by atoms with Gasteiger partial charge in [0.25, 0.3) is 0 Å². The molecule has 0 fully saturated rings. The molecule has 2 rings (SSSR count). The standard InChI is InChI=1S/C11H12ClFN4/c1-17-9(5-6-15-17)11(16-14)7-3-2-4-8(12)10(7)13/h2-6,11,16H,14H2,1H3. The first kappa shape index (κ1) is 12.0. The van der Waals surface area contributed by atoms with Gasteiger partial charge >= 0.3 is 0 Å². The molecule has 1 heterocycles. The molecule has 0 radical (unpaired) electrons. The number of nitrogens with zero attached hydrogens (tertiary/aromatic N) is 2. The number of hydrogen-bond acceptors (Lipinski definition) is 3. The minimum atomic E-state index is -0.485. The van der Waals surface area contributed by atoms with Gasteiger partial charge in [0.2, 0.25) is 0 Å². The van der Waals surface area contributed by atoms with Crippen molar-refractivity contribution in [2.45, 2.75) is 6.04 Å². The minimum Gasteiger partial charge on any atom is -0.271 e. The highest BCUT2D eigenvalue weighted by atomic mass is 35.5. The topological polar surface area (TPSA) is 55.9 Å². The van der Waals surface area contributed by atoms with E-state index in [1.165, 1.54) is 6.07 Å². The summed E-state index contributed by atoms with van der Waals surface area (Å²) in [5.41, 5.74) is 3.72. The molecule has 90 valence electrons. The average molecular weight is 255 g/mol. The highest BCUT2D eigenvalue weighted by molar-refractivity contribution is 6.30. The Hall–Kier alpha value is -1.43. The Morgan fingerprint density at radius 3 is 2.82 bits per heavy atom. The lowest BCUT2D eigenvalue weighted by atomic mass is 10.0. The fourth-order valence-electron chi connectivity index (χ4n) is 1.75. The lowest BCUT2D eigenvalue weighted by molar-refractivity contribution is 0.533. The highest BCUT2D eigenvalue weighted by Crippen LogP contribution is 2.27. The average Bonchev–Trinajstić information content (AvgIpc) is 2.72. The minimum absolute atomic E-state index is 0.0740. The van der Waals surface area contributed by atoms with Crippen molar-refractivity contribution in [1.29, 1.82) is 0 Å². The van der Waals surface area contributed by atoms with Crippen LogP contribution in [-0.2, 0) is 7.05 Å². The molecule has 6 heteroatoms. The zero-order chi connectivity index (χ0) is 12.4. The summed E-state index contributed by atoms with van der Waals surface area (Å²) in [6.45, 7) is 0. The van der Waals surface area contributed by atoms with Crippen molar-refractivity contribution in [3.05, 3.63) is 52.6 Å². The predicted octanol–water partition coefficient (Wildman–Crippen LogP) is 1.77. The van der Waals surface area contributed by atoms with E-state index in [9.17, 15) is 4.39 Å². The third-order valence-corrected chi connectivity index (χ3v) is 2.91. The van der Waals surface area contributed by atoms with Gasteiger partial charge in [-0.25, -0.2) is 9.82 Å². The second-order valence-corrected chi connectivity index (χ2v) is 4.03. The molecule has 0 aliphatic carbocycles. The maximum absolute atomic E-state index is 13.9. The van der Waals surface area contributed by atoms with Crippen molar-refractivity contribution >= 4 is 11.6 Å². The molecule has 4 nitrogen and oxygen atoms in total. The molecule has 0 bridgehead atoms. The second-order valence-electron chi connectivity index (χ2n) is 3.62.